The second-order valence-corrected chi connectivity index (χ2v) is 6.51. The van der Waals surface area contributed by atoms with Gasteiger partial charge in [-0.25, -0.2) is 13.8 Å². The Balaban J connectivity index is 1.50. The highest BCUT2D eigenvalue weighted by atomic mass is 19.1. The van der Waals surface area contributed by atoms with Crippen LogP contribution in [0, 0.1) is 11.6 Å². The summed E-state index contributed by atoms with van der Waals surface area (Å²) in [6, 6.07) is 20.1. The van der Waals surface area contributed by atoms with Gasteiger partial charge in [-0.2, -0.15) is 0 Å². The van der Waals surface area contributed by atoms with E-state index in [1.807, 2.05) is 47.9 Å². The minimum Gasteiger partial charge on any atom is -0.439 e. The molecule has 0 radical (unpaired) electrons. The Bertz CT molecular complexity index is 1210. The predicted molar refractivity (Wildman–Crippen MR) is 110 cm³/mol. The molecular formula is C23H17F2N3O2. The van der Waals surface area contributed by atoms with Crippen LogP contribution >= 0.6 is 0 Å². The molecule has 0 unspecified atom stereocenters. The number of hydrogen-bond donors (Lipinski definition) is 2. The van der Waals surface area contributed by atoms with Gasteiger partial charge in [-0.15, -0.1) is 0 Å². The Morgan fingerprint density at radius 3 is 2.57 bits per heavy atom. The van der Waals surface area contributed by atoms with E-state index in [0.29, 0.717) is 17.2 Å². The van der Waals surface area contributed by atoms with Crippen molar-refractivity contribution >= 4 is 16.6 Å². The van der Waals surface area contributed by atoms with Crippen molar-refractivity contribution in [2.45, 2.75) is 6.54 Å². The fraction of sp³-hybridized carbons (Fsp3) is 0.0435. The van der Waals surface area contributed by atoms with Crippen LogP contribution < -0.4 is 10.2 Å². The number of ether oxygens (including phenoxy) is 1. The number of hydrogen-bond acceptors (Lipinski definition) is 4. The number of halogens is 2. The van der Waals surface area contributed by atoms with Crippen LogP contribution in [0.3, 0.4) is 0 Å². The molecule has 0 aliphatic carbocycles. The molecule has 4 aromatic rings. The molecule has 0 fully saturated rings. The number of aromatic nitrogens is 1. The summed E-state index contributed by atoms with van der Waals surface area (Å²) >= 11 is 0. The van der Waals surface area contributed by atoms with Crippen molar-refractivity contribution in [2.75, 3.05) is 0 Å². The van der Waals surface area contributed by atoms with Gasteiger partial charge in [0.2, 0.25) is 5.88 Å². The Hall–Kier alpha value is -3.84. The molecule has 0 aliphatic heterocycles. The first kappa shape index (κ1) is 19.5. The summed E-state index contributed by atoms with van der Waals surface area (Å²) in [6.07, 6.45) is 1.46. The molecule has 0 amide bonds. The molecule has 150 valence electrons. The lowest BCUT2D eigenvalue weighted by atomic mass is 10.1. The zero-order chi connectivity index (χ0) is 20.9. The Kier molecular flexibility index (Phi) is 5.63. The van der Waals surface area contributed by atoms with Crippen LogP contribution in [-0.2, 0) is 6.54 Å². The van der Waals surface area contributed by atoms with E-state index >= 15 is 0 Å². The molecule has 3 aromatic carbocycles. The zero-order valence-corrected chi connectivity index (χ0v) is 15.7. The number of pyridine rings is 1. The summed E-state index contributed by atoms with van der Waals surface area (Å²) in [5.41, 5.74) is 2.50. The maximum absolute atomic E-state index is 13.7. The molecule has 0 saturated carbocycles. The molecule has 0 spiro atoms. The maximum Gasteiger partial charge on any atom is 0.219 e. The molecule has 4 rings (SSSR count). The molecule has 0 atom stereocenters. The highest BCUT2D eigenvalue weighted by molar-refractivity contribution is 5.97. The van der Waals surface area contributed by atoms with E-state index in [0.717, 1.165) is 29.0 Å². The normalized spacial score (nSPS) is 11.5. The number of amidine groups is 1. The van der Waals surface area contributed by atoms with E-state index < -0.39 is 11.6 Å². The third-order valence-corrected chi connectivity index (χ3v) is 4.47. The summed E-state index contributed by atoms with van der Waals surface area (Å²) in [6.45, 7) is -0.151. The van der Waals surface area contributed by atoms with Crippen molar-refractivity contribution in [1.82, 2.24) is 10.5 Å². The lowest BCUT2D eigenvalue weighted by Gasteiger charge is -2.08. The van der Waals surface area contributed by atoms with Crippen LogP contribution in [0.4, 0.5) is 8.78 Å². The second kappa shape index (κ2) is 8.67. The largest absolute Gasteiger partial charge is 0.439 e. The molecule has 0 aliphatic rings. The van der Waals surface area contributed by atoms with Gasteiger partial charge >= 0.3 is 0 Å². The maximum atomic E-state index is 13.7. The molecule has 0 saturated heterocycles. The molecule has 2 N–H and O–H groups in total. The van der Waals surface area contributed by atoms with E-state index in [4.69, 9.17) is 4.74 Å². The smallest absolute Gasteiger partial charge is 0.219 e. The van der Waals surface area contributed by atoms with Crippen molar-refractivity contribution in [2.24, 2.45) is 4.99 Å². The monoisotopic (exact) mass is 405 g/mol. The van der Waals surface area contributed by atoms with Crippen molar-refractivity contribution in [3.8, 4) is 11.6 Å². The molecule has 1 aromatic heterocycles. The Morgan fingerprint density at radius 1 is 0.967 bits per heavy atom. The standard InChI is InChI=1S/C23H17F2N3O2/c24-19-7-9-21(25)18(11-19)14-27-23(28-29)17-6-10-22(26-13-17)30-20-8-5-15-3-1-2-4-16(15)12-20/h1-13,29H,14H2,(H,27,28). The van der Waals surface area contributed by atoms with Crippen LogP contribution in [-0.4, -0.2) is 16.0 Å². The number of aliphatic imine (C=N–C) groups is 1. The van der Waals surface area contributed by atoms with Gasteiger partial charge in [-0.1, -0.05) is 30.3 Å². The lowest BCUT2D eigenvalue weighted by molar-refractivity contribution is 0.234. The lowest BCUT2D eigenvalue weighted by Crippen LogP contribution is -2.20. The summed E-state index contributed by atoms with van der Waals surface area (Å²) in [5.74, 6) is -0.0534. The van der Waals surface area contributed by atoms with Crippen LogP contribution in [0.25, 0.3) is 10.8 Å². The summed E-state index contributed by atoms with van der Waals surface area (Å²) in [5, 5.41) is 11.5. The van der Waals surface area contributed by atoms with Crippen LogP contribution in [0.2, 0.25) is 0 Å². The van der Waals surface area contributed by atoms with Gasteiger partial charge in [0.15, 0.2) is 5.84 Å². The fourth-order valence-corrected chi connectivity index (χ4v) is 2.95. The molecule has 1 heterocycles. The number of nitrogens with zero attached hydrogens (tertiary/aromatic N) is 2. The van der Waals surface area contributed by atoms with Gasteiger partial charge in [-0.3, -0.25) is 15.7 Å². The first-order valence-corrected chi connectivity index (χ1v) is 9.14. The van der Waals surface area contributed by atoms with E-state index in [9.17, 15) is 14.0 Å². The highest BCUT2D eigenvalue weighted by Gasteiger charge is 2.08. The zero-order valence-electron chi connectivity index (χ0n) is 15.7. The summed E-state index contributed by atoms with van der Waals surface area (Å²) < 4.78 is 32.8. The minimum atomic E-state index is -0.574. The molecule has 5 nitrogen and oxygen atoms in total. The number of rotatable bonds is 5. The number of benzene rings is 3. The molecular weight excluding hydrogens is 388 g/mol. The van der Waals surface area contributed by atoms with Crippen LogP contribution in [0.15, 0.2) is 84.0 Å². The second-order valence-electron chi connectivity index (χ2n) is 6.51. The van der Waals surface area contributed by atoms with Gasteiger partial charge in [0.05, 0.1) is 6.54 Å². The quantitative estimate of drug-likeness (QED) is 0.271. The minimum absolute atomic E-state index is 0.0726. The van der Waals surface area contributed by atoms with Gasteiger partial charge in [0.25, 0.3) is 0 Å². The van der Waals surface area contributed by atoms with E-state index in [2.05, 4.69) is 9.98 Å². The van der Waals surface area contributed by atoms with Crippen molar-refractivity contribution in [1.29, 1.82) is 0 Å². The van der Waals surface area contributed by atoms with Gasteiger partial charge in [-0.05, 0) is 47.2 Å². The van der Waals surface area contributed by atoms with Gasteiger partial charge < -0.3 is 4.74 Å². The topological polar surface area (TPSA) is 66.7 Å². The van der Waals surface area contributed by atoms with E-state index in [-0.39, 0.29) is 17.9 Å². The first-order valence-electron chi connectivity index (χ1n) is 9.14. The van der Waals surface area contributed by atoms with Crippen molar-refractivity contribution in [3.05, 3.63) is 102 Å². The number of hydroxylamine groups is 1. The predicted octanol–water partition coefficient (Wildman–Crippen LogP) is 5.23. The Labute approximate surface area is 171 Å². The number of fused-ring (bicyclic) bond motifs is 1. The van der Waals surface area contributed by atoms with Crippen molar-refractivity contribution in [3.63, 3.8) is 0 Å². The van der Waals surface area contributed by atoms with Gasteiger partial charge in [0, 0.05) is 23.4 Å². The average molecular weight is 405 g/mol. The molecule has 7 heteroatoms. The summed E-state index contributed by atoms with van der Waals surface area (Å²) in [4.78, 5) is 8.32. The first-order chi connectivity index (χ1) is 14.6. The SMILES string of the molecule is ONC(=NCc1cc(F)ccc1F)c1ccc(Oc2ccc3ccccc3c2)nc1. The number of nitrogens with one attached hydrogen (secondary N) is 1. The average Bonchev–Trinajstić information content (AvgIpc) is 2.77. The van der Waals surface area contributed by atoms with E-state index in [1.165, 1.54) is 6.20 Å². The van der Waals surface area contributed by atoms with Crippen molar-refractivity contribution < 1.29 is 18.7 Å². The third-order valence-electron chi connectivity index (χ3n) is 4.47. The Morgan fingerprint density at radius 2 is 1.80 bits per heavy atom. The molecule has 0 bridgehead atoms. The van der Waals surface area contributed by atoms with Crippen LogP contribution in [0.1, 0.15) is 11.1 Å². The highest BCUT2D eigenvalue weighted by Crippen LogP contribution is 2.24. The van der Waals surface area contributed by atoms with Gasteiger partial charge in [0.1, 0.15) is 17.4 Å². The summed E-state index contributed by atoms with van der Waals surface area (Å²) in [7, 11) is 0. The fourth-order valence-electron chi connectivity index (χ4n) is 2.95. The third kappa shape index (κ3) is 4.42. The van der Waals surface area contributed by atoms with Crippen LogP contribution in [0.5, 0.6) is 11.6 Å². The van der Waals surface area contributed by atoms with E-state index in [1.54, 1.807) is 12.1 Å². The molecule has 30 heavy (non-hydrogen) atoms.